The van der Waals surface area contributed by atoms with E-state index in [4.69, 9.17) is 0 Å². The number of fused-ring (bicyclic) bond motifs is 1. The molecule has 1 N–H and O–H groups in total. The largest absolute Gasteiger partial charge is 0.389 e. The fourth-order valence-corrected chi connectivity index (χ4v) is 3.58. The van der Waals surface area contributed by atoms with Crippen molar-refractivity contribution >= 4 is 5.69 Å². The van der Waals surface area contributed by atoms with Gasteiger partial charge in [-0.25, -0.2) is 4.39 Å². The molecule has 98 valence electrons. The van der Waals surface area contributed by atoms with Gasteiger partial charge in [0.1, 0.15) is 5.82 Å². The van der Waals surface area contributed by atoms with Gasteiger partial charge in [0.15, 0.2) is 0 Å². The van der Waals surface area contributed by atoms with Gasteiger partial charge >= 0.3 is 0 Å². The highest BCUT2D eigenvalue weighted by atomic mass is 19.1. The first kappa shape index (κ1) is 12.0. The Morgan fingerprint density at radius 2 is 1.94 bits per heavy atom. The summed E-state index contributed by atoms with van der Waals surface area (Å²) >= 11 is 0. The van der Waals surface area contributed by atoms with Crippen LogP contribution in [0.15, 0.2) is 18.2 Å². The van der Waals surface area contributed by atoms with Crippen LogP contribution < -0.4 is 4.90 Å². The standard InChI is InChI=1S/C15H20FNO/c1-10(18)14-7-13(16)5-6-15(14)17-8-11-3-2-4-12(11)9-17/h5-7,10-12,18H,2-4,8-9H2,1H3/t10-,11?,12?/m1/s1. The zero-order chi connectivity index (χ0) is 12.7. The third-order valence-corrected chi connectivity index (χ3v) is 4.51. The quantitative estimate of drug-likeness (QED) is 0.870. The summed E-state index contributed by atoms with van der Waals surface area (Å²) in [5.41, 5.74) is 1.73. The molecule has 18 heavy (non-hydrogen) atoms. The molecular weight excluding hydrogens is 229 g/mol. The molecule has 0 spiro atoms. The summed E-state index contributed by atoms with van der Waals surface area (Å²) in [5, 5.41) is 9.80. The summed E-state index contributed by atoms with van der Waals surface area (Å²) in [4.78, 5) is 2.33. The second-order valence-electron chi connectivity index (χ2n) is 5.74. The van der Waals surface area contributed by atoms with E-state index >= 15 is 0 Å². The smallest absolute Gasteiger partial charge is 0.123 e. The predicted molar refractivity (Wildman–Crippen MR) is 70.1 cm³/mol. The molecule has 3 rings (SSSR count). The number of rotatable bonds is 2. The van der Waals surface area contributed by atoms with Crippen molar-refractivity contribution < 1.29 is 9.50 Å². The lowest BCUT2D eigenvalue weighted by molar-refractivity contribution is 0.199. The first-order valence-electron chi connectivity index (χ1n) is 6.87. The van der Waals surface area contributed by atoms with Gasteiger partial charge in [0, 0.05) is 24.3 Å². The van der Waals surface area contributed by atoms with Gasteiger partial charge in [-0.3, -0.25) is 0 Å². The minimum atomic E-state index is -0.615. The molecular formula is C15H20FNO. The number of nitrogens with zero attached hydrogens (tertiary/aromatic N) is 1. The molecule has 1 aromatic carbocycles. The zero-order valence-corrected chi connectivity index (χ0v) is 10.8. The molecule has 0 radical (unpaired) electrons. The molecule has 0 aromatic heterocycles. The molecule has 3 atom stereocenters. The number of hydrogen-bond donors (Lipinski definition) is 1. The fraction of sp³-hybridized carbons (Fsp3) is 0.600. The van der Waals surface area contributed by atoms with E-state index in [-0.39, 0.29) is 5.82 Å². The maximum absolute atomic E-state index is 13.3. The molecule has 0 bridgehead atoms. The predicted octanol–water partition coefficient (Wildman–Crippen LogP) is 3.12. The summed E-state index contributed by atoms with van der Waals surface area (Å²) in [6.07, 6.45) is 3.39. The van der Waals surface area contributed by atoms with E-state index in [2.05, 4.69) is 4.90 Å². The Labute approximate surface area is 107 Å². The van der Waals surface area contributed by atoms with Crippen molar-refractivity contribution in [3.05, 3.63) is 29.6 Å². The molecule has 2 nitrogen and oxygen atoms in total. The first-order chi connectivity index (χ1) is 8.65. The molecule has 2 aliphatic rings. The number of halogens is 1. The average Bonchev–Trinajstić information content (AvgIpc) is 2.88. The van der Waals surface area contributed by atoms with E-state index in [0.717, 1.165) is 36.2 Å². The van der Waals surface area contributed by atoms with Crippen LogP contribution in [0.5, 0.6) is 0 Å². The molecule has 1 saturated heterocycles. The van der Waals surface area contributed by atoms with Crippen LogP contribution in [0.25, 0.3) is 0 Å². The highest BCUT2D eigenvalue weighted by molar-refractivity contribution is 5.55. The third kappa shape index (κ3) is 2.01. The molecule has 1 heterocycles. The SMILES string of the molecule is C[C@@H](O)c1cc(F)ccc1N1CC2CCCC2C1. The first-order valence-corrected chi connectivity index (χ1v) is 6.87. The molecule has 1 aromatic rings. The van der Waals surface area contributed by atoms with Crippen molar-refractivity contribution in [1.29, 1.82) is 0 Å². The minimum Gasteiger partial charge on any atom is -0.389 e. The summed E-state index contributed by atoms with van der Waals surface area (Å²) in [6, 6.07) is 4.78. The summed E-state index contributed by atoms with van der Waals surface area (Å²) < 4.78 is 13.3. The van der Waals surface area contributed by atoms with E-state index in [0.29, 0.717) is 0 Å². The topological polar surface area (TPSA) is 23.5 Å². The van der Waals surface area contributed by atoms with E-state index in [9.17, 15) is 9.50 Å². The van der Waals surface area contributed by atoms with Crippen LogP contribution in [0.1, 0.15) is 37.9 Å². The van der Waals surface area contributed by atoms with Crippen LogP contribution in [0, 0.1) is 17.7 Å². The molecule has 2 fully saturated rings. The van der Waals surface area contributed by atoms with E-state index in [1.165, 1.54) is 31.4 Å². The number of aliphatic hydroxyl groups excluding tert-OH is 1. The van der Waals surface area contributed by atoms with Gasteiger partial charge < -0.3 is 10.0 Å². The van der Waals surface area contributed by atoms with Gasteiger partial charge in [-0.15, -0.1) is 0 Å². The van der Waals surface area contributed by atoms with E-state index in [1.807, 2.05) is 6.07 Å². The van der Waals surface area contributed by atoms with Gasteiger partial charge in [-0.1, -0.05) is 6.42 Å². The number of anilines is 1. The maximum atomic E-state index is 13.3. The lowest BCUT2D eigenvalue weighted by Crippen LogP contribution is -2.22. The highest BCUT2D eigenvalue weighted by Crippen LogP contribution is 2.41. The Bertz CT molecular complexity index is 434. The normalized spacial score (nSPS) is 28.5. The van der Waals surface area contributed by atoms with Gasteiger partial charge in [0.05, 0.1) is 6.10 Å². The van der Waals surface area contributed by atoms with Crippen LogP contribution in [0.4, 0.5) is 10.1 Å². The van der Waals surface area contributed by atoms with Crippen molar-refractivity contribution in [2.45, 2.75) is 32.3 Å². The number of aliphatic hydroxyl groups is 1. The lowest BCUT2D eigenvalue weighted by Gasteiger charge is -2.24. The number of hydrogen-bond acceptors (Lipinski definition) is 2. The minimum absolute atomic E-state index is 0.269. The van der Waals surface area contributed by atoms with Gasteiger partial charge in [0.25, 0.3) is 0 Å². The van der Waals surface area contributed by atoms with E-state index in [1.54, 1.807) is 6.92 Å². The molecule has 3 heteroatoms. The van der Waals surface area contributed by atoms with Crippen molar-refractivity contribution in [2.75, 3.05) is 18.0 Å². The molecule has 0 amide bonds. The lowest BCUT2D eigenvalue weighted by atomic mass is 10.0. The van der Waals surface area contributed by atoms with Crippen LogP contribution >= 0.6 is 0 Å². The average molecular weight is 249 g/mol. The molecule has 2 unspecified atom stereocenters. The fourth-order valence-electron chi connectivity index (χ4n) is 3.58. The Morgan fingerprint density at radius 1 is 1.28 bits per heavy atom. The second kappa shape index (κ2) is 4.54. The van der Waals surface area contributed by atoms with Crippen LogP contribution in [0.3, 0.4) is 0 Å². The third-order valence-electron chi connectivity index (χ3n) is 4.51. The Morgan fingerprint density at radius 3 is 2.56 bits per heavy atom. The Kier molecular flexibility index (Phi) is 3.02. The Hall–Kier alpha value is -1.09. The highest BCUT2D eigenvalue weighted by Gasteiger charge is 2.36. The van der Waals surface area contributed by atoms with Crippen LogP contribution in [-0.2, 0) is 0 Å². The maximum Gasteiger partial charge on any atom is 0.123 e. The summed E-state index contributed by atoms with van der Waals surface area (Å²) in [5.74, 6) is 1.34. The van der Waals surface area contributed by atoms with Crippen molar-refractivity contribution in [3.63, 3.8) is 0 Å². The van der Waals surface area contributed by atoms with Gasteiger partial charge in [0.2, 0.25) is 0 Å². The summed E-state index contributed by atoms with van der Waals surface area (Å²) in [6.45, 7) is 3.83. The monoisotopic (exact) mass is 249 g/mol. The number of benzene rings is 1. The van der Waals surface area contributed by atoms with Crippen molar-refractivity contribution in [2.24, 2.45) is 11.8 Å². The van der Waals surface area contributed by atoms with Crippen molar-refractivity contribution in [1.82, 2.24) is 0 Å². The summed E-state index contributed by atoms with van der Waals surface area (Å²) in [7, 11) is 0. The van der Waals surface area contributed by atoms with Gasteiger partial charge in [-0.05, 0) is 49.8 Å². The molecule has 1 aliphatic heterocycles. The zero-order valence-electron chi connectivity index (χ0n) is 10.8. The van der Waals surface area contributed by atoms with Gasteiger partial charge in [-0.2, -0.15) is 0 Å². The Balaban J connectivity index is 1.88. The van der Waals surface area contributed by atoms with Crippen molar-refractivity contribution in [3.8, 4) is 0 Å². The molecule has 1 aliphatic carbocycles. The van der Waals surface area contributed by atoms with Crippen LogP contribution in [-0.4, -0.2) is 18.2 Å². The van der Waals surface area contributed by atoms with E-state index < -0.39 is 6.10 Å². The van der Waals surface area contributed by atoms with Crippen LogP contribution in [0.2, 0.25) is 0 Å². The second-order valence-corrected chi connectivity index (χ2v) is 5.74. The molecule has 1 saturated carbocycles.